The van der Waals surface area contributed by atoms with E-state index in [4.69, 9.17) is 32.7 Å². The molecule has 1 aliphatic heterocycles. The summed E-state index contributed by atoms with van der Waals surface area (Å²) in [6.07, 6.45) is 0.724. The third-order valence-electron chi connectivity index (χ3n) is 3.58. The average Bonchev–Trinajstić information content (AvgIpc) is 2.95. The highest BCUT2D eigenvalue weighted by Gasteiger charge is 2.32. The Morgan fingerprint density at radius 2 is 2.10 bits per heavy atom. The summed E-state index contributed by atoms with van der Waals surface area (Å²) in [5.74, 6) is -0.512. The number of carbonyl (C=O) groups excluding carboxylic acids is 1. The van der Waals surface area contributed by atoms with Gasteiger partial charge in [-0.15, -0.1) is 0 Å². The molecule has 5 nitrogen and oxygen atoms in total. The molecule has 1 fully saturated rings. The van der Waals surface area contributed by atoms with Crippen LogP contribution in [0.1, 0.15) is 30.8 Å². The summed E-state index contributed by atoms with van der Waals surface area (Å²) in [6, 6.07) is 1.56. The van der Waals surface area contributed by atoms with Crippen molar-refractivity contribution in [1.82, 2.24) is 9.88 Å². The fourth-order valence-corrected chi connectivity index (χ4v) is 2.87. The molecule has 1 aromatic rings. The second-order valence-electron chi connectivity index (χ2n) is 5.58. The zero-order valence-corrected chi connectivity index (χ0v) is 13.9. The topological polar surface area (TPSA) is 52.5 Å². The molecule has 7 heteroatoms. The highest BCUT2D eigenvalue weighted by Crippen LogP contribution is 2.27. The van der Waals surface area contributed by atoms with Gasteiger partial charge in [-0.3, -0.25) is 4.79 Å². The van der Waals surface area contributed by atoms with Crippen LogP contribution in [-0.2, 0) is 16.5 Å². The molecular weight excluding hydrogens is 315 g/mol. The van der Waals surface area contributed by atoms with Gasteiger partial charge in [0.1, 0.15) is 10.8 Å². The van der Waals surface area contributed by atoms with Crippen LogP contribution in [0.2, 0.25) is 10.2 Å². The zero-order valence-electron chi connectivity index (χ0n) is 12.4. The highest BCUT2D eigenvalue weighted by molar-refractivity contribution is 6.41. The van der Waals surface area contributed by atoms with E-state index in [0.717, 1.165) is 6.42 Å². The molecule has 2 rings (SSSR count). The van der Waals surface area contributed by atoms with Crippen LogP contribution in [0.15, 0.2) is 6.07 Å². The van der Waals surface area contributed by atoms with Gasteiger partial charge in [0.25, 0.3) is 5.91 Å². The molecular formula is C14H20Cl2N2O3. The lowest BCUT2D eigenvalue weighted by molar-refractivity contribution is -0.153. The summed E-state index contributed by atoms with van der Waals surface area (Å²) < 4.78 is 12.7. The van der Waals surface area contributed by atoms with Crippen LogP contribution in [0, 0.1) is 5.92 Å². The number of hydrogen-bond acceptors (Lipinski definition) is 3. The summed E-state index contributed by atoms with van der Waals surface area (Å²) in [7, 11) is 1.70. The molecule has 0 aliphatic carbocycles. The van der Waals surface area contributed by atoms with Gasteiger partial charge in [0, 0.05) is 20.0 Å². The summed E-state index contributed by atoms with van der Waals surface area (Å²) in [5.41, 5.74) is 0.441. The molecule has 0 spiro atoms. The first-order chi connectivity index (χ1) is 9.82. The first-order valence-electron chi connectivity index (χ1n) is 6.89. The van der Waals surface area contributed by atoms with Gasteiger partial charge in [-0.2, -0.15) is 0 Å². The smallest absolute Gasteiger partial charge is 0.267 e. The van der Waals surface area contributed by atoms with Crippen molar-refractivity contribution in [3.05, 3.63) is 21.9 Å². The van der Waals surface area contributed by atoms with Crippen LogP contribution in [0.3, 0.4) is 0 Å². The van der Waals surface area contributed by atoms with Gasteiger partial charge in [-0.05, 0) is 18.9 Å². The molecule has 2 heterocycles. The molecule has 0 saturated carbocycles. The van der Waals surface area contributed by atoms with Crippen LogP contribution < -0.4 is 5.32 Å². The lowest BCUT2D eigenvalue weighted by Crippen LogP contribution is -2.34. The normalized spacial score (nSPS) is 18.7. The van der Waals surface area contributed by atoms with Gasteiger partial charge in [0.05, 0.1) is 18.2 Å². The number of ether oxygens (including phenoxy) is 2. The van der Waals surface area contributed by atoms with Gasteiger partial charge >= 0.3 is 0 Å². The molecule has 118 valence electrons. The van der Waals surface area contributed by atoms with Crippen molar-refractivity contribution in [2.75, 3.05) is 19.8 Å². The molecule has 0 unspecified atom stereocenters. The number of nitrogens with one attached hydrogen (secondary N) is 1. The molecule has 0 bridgehead atoms. The monoisotopic (exact) mass is 334 g/mol. The fraction of sp³-hybridized carbons (Fsp3) is 0.643. The predicted octanol–water partition coefficient (Wildman–Crippen LogP) is 2.85. The minimum Gasteiger partial charge on any atom is -0.350 e. The zero-order chi connectivity index (χ0) is 15.6. The van der Waals surface area contributed by atoms with Crippen molar-refractivity contribution in [1.29, 1.82) is 0 Å². The van der Waals surface area contributed by atoms with E-state index in [1.807, 2.05) is 13.8 Å². The van der Waals surface area contributed by atoms with E-state index >= 15 is 0 Å². The number of nitrogens with zero attached hydrogens (tertiary/aromatic N) is 1. The first kappa shape index (κ1) is 16.6. The van der Waals surface area contributed by atoms with Gasteiger partial charge in [-0.25, -0.2) is 0 Å². The Balaban J connectivity index is 1.87. The van der Waals surface area contributed by atoms with E-state index < -0.39 is 5.79 Å². The number of rotatable bonds is 5. The van der Waals surface area contributed by atoms with Crippen molar-refractivity contribution in [2.45, 2.75) is 26.1 Å². The summed E-state index contributed by atoms with van der Waals surface area (Å²) in [6.45, 7) is 5.74. The van der Waals surface area contributed by atoms with E-state index in [1.54, 1.807) is 17.7 Å². The van der Waals surface area contributed by atoms with Crippen molar-refractivity contribution in [2.24, 2.45) is 13.0 Å². The molecule has 1 amide bonds. The first-order valence-corrected chi connectivity index (χ1v) is 7.65. The second kappa shape index (κ2) is 6.57. The minimum atomic E-state index is -0.540. The van der Waals surface area contributed by atoms with E-state index in [2.05, 4.69) is 5.32 Å². The Kier molecular flexibility index (Phi) is 5.20. The Labute approximate surface area is 134 Å². The van der Waals surface area contributed by atoms with Gasteiger partial charge in [0.15, 0.2) is 5.79 Å². The van der Waals surface area contributed by atoms with E-state index in [9.17, 15) is 4.79 Å². The number of aromatic nitrogens is 1. The number of hydrogen-bond donors (Lipinski definition) is 1. The van der Waals surface area contributed by atoms with Crippen LogP contribution in [0.5, 0.6) is 0 Å². The summed E-state index contributed by atoms with van der Waals surface area (Å²) in [4.78, 5) is 12.1. The maximum atomic E-state index is 12.1. The van der Waals surface area contributed by atoms with Crippen LogP contribution >= 0.6 is 23.2 Å². The number of amides is 1. The number of halogens is 2. The Morgan fingerprint density at radius 1 is 1.48 bits per heavy atom. The average molecular weight is 335 g/mol. The maximum Gasteiger partial charge on any atom is 0.267 e. The quantitative estimate of drug-likeness (QED) is 0.900. The minimum absolute atomic E-state index is 0.198. The third kappa shape index (κ3) is 3.92. The summed E-state index contributed by atoms with van der Waals surface area (Å²) in [5, 5.41) is 3.61. The maximum absolute atomic E-state index is 12.1. The standard InChI is InChI=1S/C14H20Cl2N2O3/c1-9(7-14(2)20-4-5-21-14)8-17-13(19)11-6-10(15)12(16)18(11)3/h6,9H,4-5,7-8H2,1-3H3,(H,17,19)/t9-/m1/s1. The lowest BCUT2D eigenvalue weighted by atomic mass is 10.0. The molecule has 1 N–H and O–H groups in total. The van der Waals surface area contributed by atoms with E-state index in [0.29, 0.717) is 35.6 Å². The van der Waals surface area contributed by atoms with Crippen LogP contribution in [0.25, 0.3) is 0 Å². The molecule has 0 aromatic carbocycles. The van der Waals surface area contributed by atoms with Crippen molar-refractivity contribution < 1.29 is 14.3 Å². The van der Waals surface area contributed by atoms with Crippen molar-refractivity contribution >= 4 is 29.1 Å². The highest BCUT2D eigenvalue weighted by atomic mass is 35.5. The second-order valence-corrected chi connectivity index (χ2v) is 6.34. The van der Waals surface area contributed by atoms with Crippen LogP contribution in [-0.4, -0.2) is 36.0 Å². The Bertz CT molecular complexity index is 525. The largest absolute Gasteiger partial charge is 0.350 e. The SMILES string of the molecule is C[C@@H](CNC(=O)c1cc(Cl)c(Cl)n1C)CC1(C)OCCO1. The van der Waals surface area contributed by atoms with Crippen LogP contribution in [0.4, 0.5) is 0 Å². The third-order valence-corrected chi connectivity index (χ3v) is 4.42. The Hall–Kier alpha value is -0.750. The molecule has 1 saturated heterocycles. The predicted molar refractivity (Wildman–Crippen MR) is 81.9 cm³/mol. The molecule has 1 aromatic heterocycles. The van der Waals surface area contributed by atoms with E-state index in [-0.39, 0.29) is 11.8 Å². The van der Waals surface area contributed by atoms with Gasteiger partial charge in [-0.1, -0.05) is 30.1 Å². The van der Waals surface area contributed by atoms with Crippen molar-refractivity contribution in [3.8, 4) is 0 Å². The number of carbonyl (C=O) groups is 1. The molecule has 21 heavy (non-hydrogen) atoms. The summed E-state index contributed by atoms with van der Waals surface area (Å²) >= 11 is 11.9. The van der Waals surface area contributed by atoms with Gasteiger partial charge in [0.2, 0.25) is 0 Å². The Morgan fingerprint density at radius 3 is 2.62 bits per heavy atom. The molecule has 1 atom stereocenters. The van der Waals surface area contributed by atoms with Crippen molar-refractivity contribution in [3.63, 3.8) is 0 Å². The fourth-order valence-electron chi connectivity index (χ4n) is 2.50. The molecule has 1 aliphatic rings. The lowest BCUT2D eigenvalue weighted by Gasteiger charge is -2.26. The van der Waals surface area contributed by atoms with E-state index in [1.165, 1.54) is 0 Å². The molecule has 0 radical (unpaired) electrons. The van der Waals surface area contributed by atoms with Gasteiger partial charge < -0.3 is 19.4 Å².